The highest BCUT2D eigenvalue weighted by Crippen LogP contribution is 2.57. The number of halogens is 9. The highest BCUT2D eigenvalue weighted by Gasteiger charge is 2.83. The molecule has 0 rings (SSSR count). The molecule has 13 heteroatoms. The lowest BCUT2D eigenvalue weighted by Gasteiger charge is -2.58. The number of sulfone groups is 3. The Bertz CT molecular complexity index is 394. The third-order valence-electron chi connectivity index (χ3n) is 1.69. The Morgan fingerprint density at radius 1 is 0.778 bits per heavy atom. The monoisotopic (exact) mass is 314 g/mol. The van der Waals surface area contributed by atoms with Crippen LogP contribution in [0, 0.1) is 0 Å². The van der Waals surface area contributed by atoms with E-state index in [1.165, 1.54) is 0 Å². The van der Waals surface area contributed by atoms with Crippen molar-refractivity contribution in [2.24, 2.45) is 0 Å². The van der Waals surface area contributed by atoms with Crippen molar-refractivity contribution in [1.82, 2.24) is 0 Å². The van der Waals surface area contributed by atoms with Crippen molar-refractivity contribution in [2.75, 3.05) is 6.26 Å². The molecule has 112 valence electrons. The Balaban J connectivity index is 6.07. The molecule has 0 atom stereocenters. The van der Waals surface area contributed by atoms with E-state index in [-0.39, 0.29) is 0 Å². The quantitative estimate of drug-likeness (QED) is 0.750. The summed E-state index contributed by atoms with van der Waals surface area (Å²) in [6.07, 6.45) is -8.28. The normalized spacial score (nSPS) is 18.3. The van der Waals surface area contributed by atoms with Crippen molar-refractivity contribution < 1.29 is 52.8 Å². The van der Waals surface area contributed by atoms with Crippen LogP contribution in [-0.4, -0.2) is 42.8 Å². The third-order valence-corrected chi connectivity index (χ3v) is 3.08. The molecule has 0 aliphatic carbocycles. The summed E-state index contributed by atoms with van der Waals surface area (Å²) < 4.78 is 139. The number of hydrogen-bond donors (Lipinski definition) is 0. The van der Waals surface area contributed by atoms with Crippen LogP contribution in [0.15, 0.2) is 0 Å². The summed E-state index contributed by atoms with van der Waals surface area (Å²) in [6, 6.07) is 0. The standard InChI is InChI=1S/C5H5F9O3S/c1-18(15,16,17)5(13,14)3(8,9)2(6,7)4(10,11)12/h1H3,(H2,15,16,17)/p-2. The van der Waals surface area contributed by atoms with E-state index in [4.69, 9.17) is 0 Å². The smallest absolute Gasteiger partial charge is 0.460 e. The van der Waals surface area contributed by atoms with Crippen LogP contribution in [0.2, 0.25) is 0 Å². The molecule has 0 radical (unpaired) electrons. The van der Waals surface area contributed by atoms with Crippen molar-refractivity contribution in [3.63, 3.8) is 0 Å². The molecular formula is C5H3F9O3S-2. The van der Waals surface area contributed by atoms with E-state index in [0.717, 1.165) is 0 Å². The first kappa shape index (κ1) is 17.4. The second-order valence-electron chi connectivity index (χ2n) is 3.32. The first-order chi connectivity index (χ1) is 7.26. The Morgan fingerprint density at radius 2 is 1.06 bits per heavy atom. The van der Waals surface area contributed by atoms with Gasteiger partial charge in [0.15, 0.2) is 0 Å². The third kappa shape index (κ3) is 2.18. The summed E-state index contributed by atoms with van der Waals surface area (Å²) in [7, 11) is -8.23. The van der Waals surface area contributed by atoms with Gasteiger partial charge >= 0.3 is 23.3 Å². The molecule has 0 spiro atoms. The molecule has 0 saturated heterocycles. The average molecular weight is 314 g/mol. The van der Waals surface area contributed by atoms with E-state index in [1.54, 1.807) is 0 Å². The zero-order valence-corrected chi connectivity index (χ0v) is 8.85. The van der Waals surface area contributed by atoms with Gasteiger partial charge in [0.25, 0.3) is 0 Å². The summed E-state index contributed by atoms with van der Waals surface area (Å²) in [4.78, 5) is 0. The fourth-order valence-electron chi connectivity index (χ4n) is 0.646. The van der Waals surface area contributed by atoms with Gasteiger partial charge in [-0.05, 0) is 6.26 Å². The molecular weight excluding hydrogens is 311 g/mol. The molecule has 0 fully saturated rings. The summed E-state index contributed by atoms with van der Waals surface area (Å²) in [6.45, 7) is 0. The van der Waals surface area contributed by atoms with Crippen LogP contribution >= 0.6 is 0 Å². The van der Waals surface area contributed by atoms with Crippen LogP contribution in [-0.2, 0) is 9.63 Å². The molecule has 0 bridgehead atoms. The molecule has 0 aliphatic rings. The summed E-state index contributed by atoms with van der Waals surface area (Å²) in [5.41, 5.74) is 0. The van der Waals surface area contributed by atoms with Gasteiger partial charge in [0.05, 0.1) is 0 Å². The van der Waals surface area contributed by atoms with E-state index in [9.17, 15) is 52.8 Å². The van der Waals surface area contributed by atoms with E-state index >= 15 is 0 Å². The van der Waals surface area contributed by atoms with Gasteiger partial charge in [-0.25, -0.2) is 0 Å². The van der Waals surface area contributed by atoms with Crippen molar-refractivity contribution in [1.29, 1.82) is 0 Å². The Morgan fingerprint density at radius 3 is 1.22 bits per heavy atom. The van der Waals surface area contributed by atoms with Gasteiger partial charge in [-0.1, -0.05) is 0 Å². The maximum atomic E-state index is 12.5. The zero-order valence-electron chi connectivity index (χ0n) is 8.03. The van der Waals surface area contributed by atoms with Gasteiger partial charge in [-0.3, -0.25) is 0 Å². The summed E-state index contributed by atoms with van der Waals surface area (Å²) in [5, 5.41) is -7.15. The van der Waals surface area contributed by atoms with Gasteiger partial charge in [0.2, 0.25) is 0 Å². The minimum atomic E-state index is -8.23. The van der Waals surface area contributed by atoms with Gasteiger partial charge in [-0.2, -0.15) is 49.1 Å². The van der Waals surface area contributed by atoms with Crippen molar-refractivity contribution in [3.05, 3.63) is 0 Å². The molecule has 0 saturated carbocycles. The molecule has 18 heavy (non-hydrogen) atoms. The summed E-state index contributed by atoms with van der Waals surface area (Å²) in [5.74, 6) is -14.9. The lowest BCUT2D eigenvalue weighted by Crippen LogP contribution is -2.68. The predicted molar refractivity (Wildman–Crippen MR) is 36.5 cm³/mol. The average Bonchev–Trinajstić information content (AvgIpc) is 1.97. The first-order valence-electron chi connectivity index (χ1n) is 3.56. The fraction of sp³-hybridized carbons (Fsp3) is 1.00. The molecule has 0 amide bonds. The van der Waals surface area contributed by atoms with Crippen molar-refractivity contribution in [3.8, 4) is 0 Å². The van der Waals surface area contributed by atoms with Crippen LogP contribution in [0.3, 0.4) is 0 Å². The lowest BCUT2D eigenvalue weighted by atomic mass is 10.1. The number of alkyl halides is 9. The van der Waals surface area contributed by atoms with Crippen molar-refractivity contribution >= 4 is 9.63 Å². The largest absolute Gasteiger partial charge is 0.794 e. The van der Waals surface area contributed by atoms with Gasteiger partial charge in [-0.15, -0.1) is 0 Å². The number of rotatable bonds is 3. The maximum Gasteiger partial charge on any atom is 0.460 e. The molecule has 0 aliphatic heterocycles. The fourth-order valence-corrected chi connectivity index (χ4v) is 1.34. The maximum absolute atomic E-state index is 12.5. The van der Waals surface area contributed by atoms with Gasteiger partial charge in [0.1, 0.15) is 0 Å². The zero-order chi connectivity index (χ0) is 15.4. The number of hydrogen-bond acceptors (Lipinski definition) is 3. The van der Waals surface area contributed by atoms with E-state index in [1.807, 2.05) is 0 Å². The summed E-state index contributed by atoms with van der Waals surface area (Å²) >= 11 is 0. The second kappa shape index (κ2) is 3.50. The molecule has 0 aromatic carbocycles. The molecule has 3 nitrogen and oxygen atoms in total. The minimum absolute atomic E-state index is 1.10. The minimum Gasteiger partial charge on any atom is -0.794 e. The molecule has 0 aromatic rings. The Kier molecular flexibility index (Phi) is 3.40. The van der Waals surface area contributed by atoms with E-state index in [2.05, 4.69) is 0 Å². The second-order valence-corrected chi connectivity index (χ2v) is 6.15. The lowest BCUT2D eigenvalue weighted by molar-refractivity contribution is -0.384. The molecule has 0 unspecified atom stereocenters. The van der Waals surface area contributed by atoms with Crippen LogP contribution in [0.4, 0.5) is 39.5 Å². The Labute approximate surface area is 93.0 Å². The van der Waals surface area contributed by atoms with Crippen LogP contribution in [0.25, 0.3) is 0 Å². The molecule has 0 N–H and O–H groups in total. The van der Waals surface area contributed by atoms with Gasteiger partial charge in [0, 0.05) is 0 Å². The van der Waals surface area contributed by atoms with Crippen LogP contribution in [0.5, 0.6) is 0 Å². The van der Waals surface area contributed by atoms with Crippen molar-refractivity contribution in [2.45, 2.75) is 23.3 Å². The van der Waals surface area contributed by atoms with Crippen LogP contribution in [0.1, 0.15) is 0 Å². The highest BCUT2D eigenvalue weighted by atomic mass is 32.3. The Hall–Kier alpha value is -0.560. The highest BCUT2D eigenvalue weighted by molar-refractivity contribution is 8.10. The van der Waals surface area contributed by atoms with E-state index in [0.29, 0.717) is 0 Å². The van der Waals surface area contributed by atoms with E-state index < -0.39 is 39.2 Å². The van der Waals surface area contributed by atoms with Gasteiger partial charge < -0.3 is 13.3 Å². The SMILES string of the molecule is CS(=O)([O-])([O-])C(F)(F)C(F)(F)C(F)(F)C(F)(F)F. The topological polar surface area (TPSA) is 63.2 Å². The predicted octanol–water partition coefficient (Wildman–Crippen LogP) is 2.12. The van der Waals surface area contributed by atoms with Crippen LogP contribution < -0.4 is 0 Å². The molecule has 0 aromatic heterocycles. The molecule has 0 heterocycles. The first-order valence-corrected chi connectivity index (χ1v) is 5.79.